The SMILES string of the molecule is O=C(/C=C/c1ccccc1)Oc1ccccc1/C=C1\N=C(c2ccccc2Cl)OC1=O. The molecule has 0 atom stereocenters. The van der Waals surface area contributed by atoms with E-state index in [0.29, 0.717) is 21.9 Å². The maximum Gasteiger partial charge on any atom is 0.363 e. The van der Waals surface area contributed by atoms with Gasteiger partial charge in [0.05, 0.1) is 10.6 Å². The van der Waals surface area contributed by atoms with Crippen molar-refractivity contribution in [1.29, 1.82) is 0 Å². The first-order chi connectivity index (χ1) is 15.1. The second-order valence-corrected chi connectivity index (χ2v) is 6.93. The number of para-hydroxylation sites is 1. The molecule has 6 heteroatoms. The summed E-state index contributed by atoms with van der Waals surface area (Å²) in [5.41, 5.74) is 2.00. The number of benzene rings is 3. The Labute approximate surface area is 183 Å². The van der Waals surface area contributed by atoms with Crippen LogP contribution in [0.5, 0.6) is 5.75 Å². The van der Waals surface area contributed by atoms with Crippen molar-refractivity contribution in [3.8, 4) is 5.75 Å². The molecule has 5 nitrogen and oxygen atoms in total. The molecule has 1 heterocycles. The van der Waals surface area contributed by atoms with Crippen LogP contribution in [0.25, 0.3) is 12.2 Å². The van der Waals surface area contributed by atoms with E-state index < -0.39 is 11.9 Å². The Morgan fingerprint density at radius 3 is 2.45 bits per heavy atom. The molecule has 3 aromatic rings. The molecule has 3 aromatic carbocycles. The highest BCUT2D eigenvalue weighted by atomic mass is 35.5. The van der Waals surface area contributed by atoms with Gasteiger partial charge in [-0.15, -0.1) is 0 Å². The van der Waals surface area contributed by atoms with Crippen molar-refractivity contribution in [3.63, 3.8) is 0 Å². The van der Waals surface area contributed by atoms with Crippen LogP contribution < -0.4 is 4.74 Å². The molecule has 0 amide bonds. The van der Waals surface area contributed by atoms with E-state index in [9.17, 15) is 9.59 Å². The molecule has 4 rings (SSSR count). The first-order valence-corrected chi connectivity index (χ1v) is 9.79. The second-order valence-electron chi connectivity index (χ2n) is 6.52. The number of aliphatic imine (C=N–C) groups is 1. The van der Waals surface area contributed by atoms with Crippen molar-refractivity contribution in [2.75, 3.05) is 0 Å². The molecule has 31 heavy (non-hydrogen) atoms. The Balaban J connectivity index is 1.56. The van der Waals surface area contributed by atoms with E-state index in [1.54, 1.807) is 54.6 Å². The van der Waals surface area contributed by atoms with Crippen LogP contribution in [0.4, 0.5) is 0 Å². The Kier molecular flexibility index (Phi) is 6.05. The summed E-state index contributed by atoms with van der Waals surface area (Å²) in [7, 11) is 0. The maximum atomic E-state index is 12.3. The molecule has 0 spiro atoms. The Hall–Kier alpha value is -3.96. The van der Waals surface area contributed by atoms with Gasteiger partial charge in [0.15, 0.2) is 5.70 Å². The van der Waals surface area contributed by atoms with E-state index >= 15 is 0 Å². The predicted octanol–water partition coefficient (Wildman–Crippen LogP) is 5.30. The van der Waals surface area contributed by atoms with Gasteiger partial charge in [0, 0.05) is 11.6 Å². The summed E-state index contributed by atoms with van der Waals surface area (Å²) in [6.45, 7) is 0. The van der Waals surface area contributed by atoms with Crippen molar-refractivity contribution < 1.29 is 19.1 Å². The molecular weight excluding hydrogens is 414 g/mol. The summed E-state index contributed by atoms with van der Waals surface area (Å²) in [5.74, 6) is -0.724. The summed E-state index contributed by atoms with van der Waals surface area (Å²) in [6.07, 6.45) is 4.52. The van der Waals surface area contributed by atoms with E-state index in [4.69, 9.17) is 21.1 Å². The molecule has 0 unspecified atom stereocenters. The summed E-state index contributed by atoms with van der Waals surface area (Å²) in [6, 6.07) is 23.2. The van der Waals surface area contributed by atoms with Crippen LogP contribution in [0.2, 0.25) is 5.02 Å². The number of ether oxygens (including phenoxy) is 2. The Morgan fingerprint density at radius 1 is 0.935 bits per heavy atom. The first-order valence-electron chi connectivity index (χ1n) is 9.41. The van der Waals surface area contributed by atoms with Crippen molar-refractivity contribution in [1.82, 2.24) is 0 Å². The summed E-state index contributed by atoms with van der Waals surface area (Å²) in [4.78, 5) is 28.8. The van der Waals surface area contributed by atoms with Gasteiger partial charge in [0.2, 0.25) is 5.90 Å². The lowest BCUT2D eigenvalue weighted by atomic mass is 10.1. The molecule has 152 valence electrons. The second kappa shape index (κ2) is 9.24. The highest BCUT2D eigenvalue weighted by Crippen LogP contribution is 2.26. The van der Waals surface area contributed by atoms with Crippen molar-refractivity contribution in [2.45, 2.75) is 0 Å². The lowest BCUT2D eigenvalue weighted by Gasteiger charge is -2.05. The third-order valence-electron chi connectivity index (χ3n) is 4.36. The van der Waals surface area contributed by atoms with Crippen LogP contribution in [-0.4, -0.2) is 17.8 Å². The van der Waals surface area contributed by atoms with E-state index in [1.807, 2.05) is 30.3 Å². The third-order valence-corrected chi connectivity index (χ3v) is 4.69. The molecule has 0 aliphatic carbocycles. The number of nitrogens with zero attached hydrogens (tertiary/aromatic N) is 1. The van der Waals surface area contributed by atoms with Crippen molar-refractivity contribution in [2.24, 2.45) is 4.99 Å². The molecule has 0 bridgehead atoms. The summed E-state index contributed by atoms with van der Waals surface area (Å²) >= 11 is 6.16. The number of hydrogen-bond acceptors (Lipinski definition) is 5. The van der Waals surface area contributed by atoms with Crippen LogP contribution in [0.15, 0.2) is 95.6 Å². The van der Waals surface area contributed by atoms with Crippen LogP contribution in [0.1, 0.15) is 16.7 Å². The van der Waals surface area contributed by atoms with Crippen LogP contribution in [0, 0.1) is 0 Å². The van der Waals surface area contributed by atoms with E-state index in [1.165, 1.54) is 12.2 Å². The number of rotatable bonds is 5. The first kappa shape index (κ1) is 20.3. The van der Waals surface area contributed by atoms with E-state index in [-0.39, 0.29) is 11.6 Å². The van der Waals surface area contributed by atoms with Gasteiger partial charge in [-0.1, -0.05) is 72.3 Å². The summed E-state index contributed by atoms with van der Waals surface area (Å²) in [5, 5.41) is 0.426. The smallest absolute Gasteiger partial charge is 0.363 e. The number of halogens is 1. The quantitative estimate of drug-likeness (QED) is 0.313. The molecule has 1 aliphatic heterocycles. The standard InChI is InChI=1S/C25H16ClNO4/c26-20-12-6-5-11-19(20)24-27-21(25(29)31-24)16-18-10-4-7-13-22(18)30-23(28)15-14-17-8-2-1-3-9-17/h1-16H/b15-14+,21-16-. The monoisotopic (exact) mass is 429 g/mol. The summed E-state index contributed by atoms with van der Waals surface area (Å²) < 4.78 is 10.7. The van der Waals surface area contributed by atoms with E-state index in [2.05, 4.69) is 4.99 Å². The molecule has 0 saturated heterocycles. The molecule has 0 N–H and O–H groups in total. The number of hydrogen-bond donors (Lipinski definition) is 0. The average molecular weight is 430 g/mol. The molecule has 0 saturated carbocycles. The van der Waals surface area contributed by atoms with Gasteiger partial charge >= 0.3 is 11.9 Å². The zero-order chi connectivity index (χ0) is 21.6. The van der Waals surface area contributed by atoms with Crippen molar-refractivity contribution in [3.05, 3.63) is 112 Å². The minimum atomic E-state index is -0.611. The molecule has 0 fully saturated rings. The Morgan fingerprint density at radius 2 is 1.65 bits per heavy atom. The predicted molar refractivity (Wildman–Crippen MR) is 120 cm³/mol. The maximum absolute atomic E-state index is 12.3. The van der Waals surface area contributed by atoms with Gasteiger partial charge in [0.25, 0.3) is 0 Å². The molecule has 0 aromatic heterocycles. The Bertz CT molecular complexity index is 1230. The van der Waals surface area contributed by atoms with Gasteiger partial charge in [-0.05, 0) is 35.9 Å². The van der Waals surface area contributed by atoms with Crippen LogP contribution >= 0.6 is 11.6 Å². The number of esters is 2. The van der Waals surface area contributed by atoms with Gasteiger partial charge in [-0.2, -0.15) is 0 Å². The largest absolute Gasteiger partial charge is 0.423 e. The van der Waals surface area contributed by atoms with Crippen LogP contribution in [-0.2, 0) is 14.3 Å². The zero-order valence-corrected chi connectivity index (χ0v) is 17.0. The number of cyclic esters (lactones) is 1. The third kappa shape index (κ3) is 4.97. The lowest BCUT2D eigenvalue weighted by molar-refractivity contribution is -0.130. The minimum absolute atomic E-state index is 0.0817. The van der Waals surface area contributed by atoms with Crippen LogP contribution in [0.3, 0.4) is 0 Å². The molecule has 1 aliphatic rings. The van der Waals surface area contributed by atoms with Gasteiger partial charge in [0.1, 0.15) is 5.75 Å². The topological polar surface area (TPSA) is 65.0 Å². The fraction of sp³-hybridized carbons (Fsp3) is 0. The fourth-order valence-electron chi connectivity index (χ4n) is 2.87. The fourth-order valence-corrected chi connectivity index (χ4v) is 3.09. The minimum Gasteiger partial charge on any atom is -0.423 e. The highest BCUT2D eigenvalue weighted by molar-refractivity contribution is 6.34. The number of carbonyl (C=O) groups is 2. The molecular formula is C25H16ClNO4. The average Bonchev–Trinajstić information content (AvgIpc) is 3.14. The van der Waals surface area contributed by atoms with Crippen molar-refractivity contribution >= 4 is 41.6 Å². The van der Waals surface area contributed by atoms with Gasteiger partial charge in [-0.3, -0.25) is 0 Å². The van der Waals surface area contributed by atoms with E-state index in [0.717, 1.165) is 5.56 Å². The molecule has 0 radical (unpaired) electrons. The normalized spacial score (nSPS) is 14.5. The lowest BCUT2D eigenvalue weighted by Crippen LogP contribution is -2.06. The van der Waals surface area contributed by atoms with Gasteiger partial charge in [-0.25, -0.2) is 14.6 Å². The zero-order valence-electron chi connectivity index (χ0n) is 16.2. The number of carbonyl (C=O) groups excluding carboxylic acids is 2. The highest BCUT2D eigenvalue weighted by Gasteiger charge is 2.25. The van der Waals surface area contributed by atoms with Gasteiger partial charge < -0.3 is 9.47 Å².